The van der Waals surface area contributed by atoms with Crippen molar-refractivity contribution >= 4 is 33.8 Å². The minimum absolute atomic E-state index is 0.0682. The number of rotatable bonds is 3. The second-order valence-electron chi connectivity index (χ2n) is 6.54. The Bertz CT molecular complexity index is 932. The lowest BCUT2D eigenvalue weighted by atomic mass is 10.2. The molecule has 1 aliphatic rings. The molecule has 0 radical (unpaired) electrons. The van der Waals surface area contributed by atoms with Gasteiger partial charge in [-0.3, -0.25) is 9.20 Å². The summed E-state index contributed by atoms with van der Waals surface area (Å²) in [6.07, 6.45) is 2.92. The zero-order valence-corrected chi connectivity index (χ0v) is 15.7. The van der Waals surface area contributed by atoms with Crippen LogP contribution in [0.15, 0.2) is 35.8 Å². The van der Waals surface area contributed by atoms with Crippen LogP contribution >= 0.6 is 22.9 Å². The van der Waals surface area contributed by atoms with Crippen LogP contribution in [-0.4, -0.2) is 58.3 Å². The topological polar surface area (TPSA) is 40.8 Å². The minimum atomic E-state index is 0.0682. The molecule has 3 heterocycles. The number of thiazole rings is 1. The highest BCUT2D eigenvalue weighted by Gasteiger charge is 2.29. The van der Waals surface area contributed by atoms with E-state index in [-0.39, 0.29) is 5.91 Å². The number of likely N-dealkylation sites (tertiary alicyclic amines) is 1. The van der Waals surface area contributed by atoms with Gasteiger partial charge in [-0.1, -0.05) is 29.8 Å². The molecule has 0 bridgehead atoms. The van der Waals surface area contributed by atoms with Crippen molar-refractivity contribution in [1.29, 1.82) is 0 Å². The molecular weight excluding hydrogens is 356 g/mol. The van der Waals surface area contributed by atoms with E-state index < -0.39 is 0 Å². The third kappa shape index (κ3) is 2.94. The molecule has 7 heteroatoms. The van der Waals surface area contributed by atoms with E-state index in [1.165, 1.54) is 11.3 Å². The first kappa shape index (κ1) is 16.6. The Kier molecular flexibility index (Phi) is 4.27. The van der Waals surface area contributed by atoms with Crippen molar-refractivity contribution in [2.75, 3.05) is 27.2 Å². The molecule has 1 amide bonds. The van der Waals surface area contributed by atoms with Gasteiger partial charge in [-0.2, -0.15) is 0 Å². The van der Waals surface area contributed by atoms with Crippen molar-refractivity contribution in [3.05, 3.63) is 46.6 Å². The van der Waals surface area contributed by atoms with E-state index in [1.54, 1.807) is 0 Å². The van der Waals surface area contributed by atoms with E-state index in [0.29, 0.717) is 16.8 Å². The van der Waals surface area contributed by atoms with Crippen molar-refractivity contribution in [2.45, 2.75) is 12.5 Å². The summed E-state index contributed by atoms with van der Waals surface area (Å²) in [4.78, 5) is 22.5. The number of fused-ring (bicyclic) bond motifs is 1. The number of carbonyl (C=O) groups is 1. The molecule has 1 aromatic carbocycles. The van der Waals surface area contributed by atoms with Crippen LogP contribution in [0.4, 0.5) is 0 Å². The van der Waals surface area contributed by atoms with Gasteiger partial charge in [0.2, 0.25) is 0 Å². The highest BCUT2D eigenvalue weighted by molar-refractivity contribution is 7.15. The first-order chi connectivity index (χ1) is 12.0. The van der Waals surface area contributed by atoms with Gasteiger partial charge in [0, 0.05) is 36.3 Å². The molecule has 2 aromatic heterocycles. The second-order valence-corrected chi connectivity index (χ2v) is 7.78. The number of imidazole rings is 1. The van der Waals surface area contributed by atoms with Crippen LogP contribution in [0, 0.1) is 0 Å². The molecule has 0 spiro atoms. The minimum Gasteiger partial charge on any atom is -0.336 e. The molecule has 130 valence electrons. The molecule has 4 rings (SSSR count). The van der Waals surface area contributed by atoms with E-state index in [0.717, 1.165) is 35.7 Å². The molecular formula is C18H19ClN4OS. The predicted molar refractivity (Wildman–Crippen MR) is 102 cm³/mol. The van der Waals surface area contributed by atoms with Gasteiger partial charge >= 0.3 is 0 Å². The van der Waals surface area contributed by atoms with E-state index in [2.05, 4.69) is 24.0 Å². The predicted octanol–water partition coefficient (Wildman–Crippen LogP) is 3.49. The molecule has 1 saturated heterocycles. The zero-order chi connectivity index (χ0) is 17.6. The number of nitrogens with zero attached hydrogens (tertiary/aromatic N) is 4. The monoisotopic (exact) mass is 374 g/mol. The maximum absolute atomic E-state index is 12.9. The van der Waals surface area contributed by atoms with Crippen LogP contribution in [0.2, 0.25) is 5.02 Å². The van der Waals surface area contributed by atoms with Crippen LogP contribution < -0.4 is 0 Å². The SMILES string of the molecule is CN(C)[C@H]1CCN(C(=O)c2csc3nc(-c4ccccc4Cl)cn23)C1. The van der Waals surface area contributed by atoms with Gasteiger partial charge in [0.15, 0.2) is 4.96 Å². The Labute approximate surface area is 155 Å². The van der Waals surface area contributed by atoms with Crippen LogP contribution in [0.3, 0.4) is 0 Å². The van der Waals surface area contributed by atoms with Gasteiger partial charge < -0.3 is 9.80 Å². The van der Waals surface area contributed by atoms with Crippen molar-refractivity contribution in [1.82, 2.24) is 19.2 Å². The fraction of sp³-hybridized carbons (Fsp3) is 0.333. The normalized spacial score (nSPS) is 17.8. The van der Waals surface area contributed by atoms with Gasteiger partial charge in [-0.25, -0.2) is 4.98 Å². The lowest BCUT2D eigenvalue weighted by Crippen LogP contribution is -2.34. The number of likely N-dealkylation sites (N-methyl/N-ethyl adjacent to an activating group) is 1. The Morgan fingerprint density at radius 3 is 2.88 bits per heavy atom. The summed E-state index contributed by atoms with van der Waals surface area (Å²) >= 11 is 7.76. The summed E-state index contributed by atoms with van der Waals surface area (Å²) in [6, 6.07) is 8.06. The fourth-order valence-electron chi connectivity index (χ4n) is 3.25. The van der Waals surface area contributed by atoms with Gasteiger partial charge in [0.25, 0.3) is 5.91 Å². The zero-order valence-electron chi connectivity index (χ0n) is 14.1. The quantitative estimate of drug-likeness (QED) is 0.704. The van der Waals surface area contributed by atoms with Crippen LogP contribution in [0.1, 0.15) is 16.9 Å². The molecule has 5 nitrogen and oxygen atoms in total. The number of amides is 1. The van der Waals surface area contributed by atoms with Gasteiger partial charge in [-0.15, -0.1) is 11.3 Å². The maximum atomic E-state index is 12.9. The fourth-order valence-corrected chi connectivity index (χ4v) is 4.33. The standard InChI is InChI=1S/C18H19ClN4OS/c1-21(2)12-7-8-22(9-12)17(24)16-11-25-18-20-15(10-23(16)18)13-5-3-4-6-14(13)19/h3-6,10-12H,7-9H2,1-2H3/t12-/m0/s1. The molecule has 1 fully saturated rings. The van der Waals surface area contributed by atoms with Gasteiger partial charge in [0.05, 0.1) is 10.7 Å². The summed E-state index contributed by atoms with van der Waals surface area (Å²) in [5, 5.41) is 2.55. The molecule has 0 unspecified atom stereocenters. The number of hydrogen-bond donors (Lipinski definition) is 0. The molecule has 25 heavy (non-hydrogen) atoms. The van der Waals surface area contributed by atoms with Gasteiger partial charge in [0.1, 0.15) is 5.69 Å². The average Bonchev–Trinajstić information content (AvgIpc) is 3.30. The van der Waals surface area contributed by atoms with E-state index in [9.17, 15) is 4.79 Å². The van der Waals surface area contributed by atoms with Crippen molar-refractivity contribution in [3.8, 4) is 11.3 Å². The van der Waals surface area contributed by atoms with Crippen molar-refractivity contribution in [2.24, 2.45) is 0 Å². The number of halogens is 1. The summed E-state index contributed by atoms with van der Waals surface area (Å²) < 4.78 is 1.88. The smallest absolute Gasteiger partial charge is 0.271 e. The highest BCUT2D eigenvalue weighted by atomic mass is 35.5. The van der Waals surface area contributed by atoms with E-state index in [4.69, 9.17) is 11.6 Å². The molecule has 0 saturated carbocycles. The average molecular weight is 375 g/mol. The second kappa shape index (κ2) is 6.44. The number of benzene rings is 1. The third-order valence-corrected chi connectivity index (χ3v) is 5.93. The molecule has 1 aliphatic heterocycles. The first-order valence-electron chi connectivity index (χ1n) is 8.22. The maximum Gasteiger partial charge on any atom is 0.271 e. The number of hydrogen-bond acceptors (Lipinski definition) is 4. The lowest BCUT2D eigenvalue weighted by molar-refractivity contribution is 0.0776. The van der Waals surface area contributed by atoms with Crippen LogP contribution in [0.25, 0.3) is 16.2 Å². The molecule has 3 aromatic rings. The Balaban J connectivity index is 1.65. The molecule has 0 aliphatic carbocycles. The van der Waals surface area contributed by atoms with E-state index in [1.807, 2.05) is 45.1 Å². The first-order valence-corrected chi connectivity index (χ1v) is 9.47. The number of aromatic nitrogens is 2. The summed E-state index contributed by atoms with van der Waals surface area (Å²) in [7, 11) is 4.13. The lowest BCUT2D eigenvalue weighted by Gasteiger charge is -2.20. The van der Waals surface area contributed by atoms with Crippen LogP contribution in [0.5, 0.6) is 0 Å². The number of carbonyl (C=O) groups excluding carboxylic acids is 1. The van der Waals surface area contributed by atoms with E-state index >= 15 is 0 Å². The Hall–Kier alpha value is -1.89. The van der Waals surface area contributed by atoms with Gasteiger partial charge in [-0.05, 0) is 26.6 Å². The van der Waals surface area contributed by atoms with Crippen molar-refractivity contribution in [3.63, 3.8) is 0 Å². The highest BCUT2D eigenvalue weighted by Crippen LogP contribution is 2.29. The largest absolute Gasteiger partial charge is 0.336 e. The summed E-state index contributed by atoms with van der Waals surface area (Å²) in [5.74, 6) is 0.0682. The van der Waals surface area contributed by atoms with Crippen LogP contribution in [-0.2, 0) is 0 Å². The summed E-state index contributed by atoms with van der Waals surface area (Å²) in [5.41, 5.74) is 2.34. The Morgan fingerprint density at radius 1 is 1.36 bits per heavy atom. The van der Waals surface area contributed by atoms with Crippen molar-refractivity contribution < 1.29 is 4.79 Å². The third-order valence-electron chi connectivity index (χ3n) is 4.76. The Morgan fingerprint density at radius 2 is 2.16 bits per heavy atom. The molecule has 0 N–H and O–H groups in total. The molecule has 1 atom stereocenters. The summed E-state index contributed by atoms with van der Waals surface area (Å²) in [6.45, 7) is 1.57.